The van der Waals surface area contributed by atoms with Crippen molar-refractivity contribution in [1.82, 2.24) is 19.2 Å². The van der Waals surface area contributed by atoms with Gasteiger partial charge in [-0.2, -0.15) is 4.31 Å². The van der Waals surface area contributed by atoms with Crippen LogP contribution in [0.4, 0.5) is 0 Å². The molecule has 0 bridgehead atoms. The Balaban J connectivity index is 0.000000266. The number of amides is 1. The van der Waals surface area contributed by atoms with E-state index in [1.165, 1.54) is 37.0 Å². The Morgan fingerprint density at radius 3 is 1.56 bits per heavy atom. The number of benzene rings is 4. The number of hydrogen-bond donors (Lipinski definition) is 6. The maximum atomic E-state index is 13.6. The van der Waals surface area contributed by atoms with Crippen LogP contribution < -0.4 is 9.47 Å². The Labute approximate surface area is 578 Å². The molecule has 11 rings (SSSR count). The molecule has 5 fully saturated rings. The number of nitrogens with zero attached hydrogens (tertiary/aromatic N) is 4. The minimum absolute atomic E-state index is 0. The smallest absolute Gasteiger partial charge is 0.303 e. The van der Waals surface area contributed by atoms with E-state index < -0.39 is 65.2 Å². The van der Waals surface area contributed by atoms with Crippen molar-refractivity contribution in [2.24, 2.45) is 0 Å². The second-order valence-corrected chi connectivity index (χ2v) is 29.6. The van der Waals surface area contributed by atoms with E-state index >= 15 is 0 Å². The molecule has 6 N–H and O–H groups in total. The van der Waals surface area contributed by atoms with Crippen LogP contribution in [0.3, 0.4) is 0 Å². The number of morpholine rings is 1. The van der Waals surface area contributed by atoms with E-state index in [4.69, 9.17) is 42.5 Å². The molecular formula is C76H100Cl2N4O13S. The molecule has 2 unspecified atom stereocenters. The molecule has 0 radical (unpaired) electrons. The number of aromatic nitrogens is 2. The van der Waals surface area contributed by atoms with Crippen LogP contribution in [0.5, 0.6) is 11.5 Å². The minimum Gasteiger partial charge on any atom is -0.490 e. The van der Waals surface area contributed by atoms with E-state index in [2.05, 4.69) is 90.7 Å². The van der Waals surface area contributed by atoms with Crippen molar-refractivity contribution in [2.45, 2.75) is 204 Å². The first kappa shape index (κ1) is 75.7. The predicted molar refractivity (Wildman–Crippen MR) is 378 cm³/mol. The standard InChI is InChI=1S/C43H58ClN3O10S.C31H34ClNO3.2CH4/c1-29(5-4-8-40(51)46(27-37(49)41(52)42(53)38(50)28-48)21-24-58(54,55)47-19-22-56-23-20-47)30-9-12-36(44)31(25-30)13-15-43(16-17-43)35-26-45-18-14-33(35)34-6-2-3-7-39(34)57-32-10-11-32;1-21(5-4-8-30(34)35)22-9-12-28(32)23(19-22)13-15-31(16-17-31)27-20-33-18-14-25(27)26-6-2-3-7-29(26)36-24-10-11-24;;/h2-3,6-7,9,12,14,18,25-26,29,32,37-38,41-42,48-50,52-53H,4-5,8,10-11,13,15-17,19-24,27-28H2,1H3;2-3,6-7,9,12,14,18-21,24H,4-5,8,10-11,13,15-17H2,1H3,(H,34,35);2*1H4/t29?,37-,38+,41+,42+;;;/m0.../s1. The molecule has 0 spiro atoms. The molecular weight excluding hydrogens is 1280 g/mol. The van der Waals surface area contributed by atoms with Crippen LogP contribution in [0.2, 0.25) is 10.0 Å². The van der Waals surface area contributed by atoms with Crippen molar-refractivity contribution < 1.29 is 62.9 Å². The number of carbonyl (C=O) groups is 2. The van der Waals surface area contributed by atoms with E-state index in [1.54, 1.807) is 0 Å². The van der Waals surface area contributed by atoms with Gasteiger partial charge in [-0.15, -0.1) is 0 Å². The highest BCUT2D eigenvalue weighted by molar-refractivity contribution is 7.89. The molecule has 522 valence electrons. The number of ether oxygens (including phenoxy) is 3. The van der Waals surface area contributed by atoms with Gasteiger partial charge in [0.05, 0.1) is 37.8 Å². The van der Waals surface area contributed by atoms with Gasteiger partial charge in [0.1, 0.15) is 35.9 Å². The second-order valence-electron chi connectivity index (χ2n) is 26.7. The van der Waals surface area contributed by atoms with Crippen LogP contribution in [0.15, 0.2) is 122 Å². The Morgan fingerprint density at radius 1 is 0.656 bits per heavy atom. The Bertz CT molecular complexity index is 3630. The summed E-state index contributed by atoms with van der Waals surface area (Å²) in [5.41, 5.74) is 11.9. The van der Waals surface area contributed by atoms with Gasteiger partial charge >= 0.3 is 5.97 Å². The lowest BCUT2D eigenvalue weighted by Gasteiger charge is -2.31. The molecule has 6 aromatic rings. The van der Waals surface area contributed by atoms with Crippen LogP contribution >= 0.6 is 23.2 Å². The monoisotopic (exact) mass is 1380 g/mol. The van der Waals surface area contributed by atoms with Gasteiger partial charge in [0, 0.05) is 85.0 Å². The first-order valence-corrected chi connectivity index (χ1v) is 36.0. The van der Waals surface area contributed by atoms with Gasteiger partial charge in [-0.05, 0) is 206 Å². The number of rotatable bonds is 34. The lowest BCUT2D eigenvalue weighted by molar-refractivity contribution is -0.139. The first-order chi connectivity index (χ1) is 45.3. The van der Waals surface area contributed by atoms with Crippen molar-refractivity contribution in [3.05, 3.63) is 165 Å². The normalized spacial score (nSPS) is 18.1. The molecule has 17 nitrogen and oxygen atoms in total. The summed E-state index contributed by atoms with van der Waals surface area (Å²) >= 11 is 13.4. The largest absolute Gasteiger partial charge is 0.490 e. The topological polar surface area (TPSA) is 250 Å². The number of pyridine rings is 2. The van der Waals surface area contributed by atoms with Crippen molar-refractivity contribution >= 4 is 45.1 Å². The lowest BCUT2D eigenvalue weighted by Crippen LogP contribution is -2.51. The third-order valence-corrected chi connectivity index (χ3v) is 22.2. The van der Waals surface area contributed by atoms with Gasteiger partial charge in [0.2, 0.25) is 15.9 Å². The summed E-state index contributed by atoms with van der Waals surface area (Å²) in [6.45, 7) is 3.61. The van der Waals surface area contributed by atoms with E-state index in [9.17, 15) is 43.5 Å². The molecule has 4 saturated carbocycles. The molecule has 6 atom stereocenters. The second kappa shape index (κ2) is 34.6. The van der Waals surface area contributed by atoms with Crippen LogP contribution in [0, 0.1) is 0 Å². The SMILES string of the molecule is C.C.CC(CCCC(=O)N(CCS(=O)(=O)N1CCOCC1)C[C@H](O)[C@@H](O)[C@H](O)[C@H](O)CO)c1ccc(Cl)c(CCC2(c3cnccc3-c3ccccc3OC3CC3)CC2)c1.CC(CCCC(=O)O)c1ccc(Cl)c(CCC2(c3cnccc3-c3ccccc3OC3CC3)CC2)c1. The number of aliphatic carboxylic acids is 1. The zero-order valence-electron chi connectivity index (χ0n) is 54.0. The molecule has 1 saturated heterocycles. The van der Waals surface area contributed by atoms with Crippen molar-refractivity contribution in [3.8, 4) is 33.8 Å². The summed E-state index contributed by atoms with van der Waals surface area (Å²) in [5, 5.41) is 60.7. The highest BCUT2D eigenvalue weighted by atomic mass is 35.5. The van der Waals surface area contributed by atoms with Crippen LogP contribution in [-0.2, 0) is 48.0 Å². The first-order valence-electron chi connectivity index (χ1n) is 33.6. The minimum atomic E-state index is -3.75. The number of hydrogen-bond acceptors (Lipinski definition) is 14. The summed E-state index contributed by atoms with van der Waals surface area (Å²) in [7, 11) is -3.75. The van der Waals surface area contributed by atoms with Crippen LogP contribution in [0.25, 0.3) is 22.3 Å². The summed E-state index contributed by atoms with van der Waals surface area (Å²) in [6, 6.07) is 33.3. The predicted octanol–water partition coefficient (Wildman–Crippen LogP) is 13.0. The van der Waals surface area contributed by atoms with Crippen LogP contribution in [0.1, 0.15) is 177 Å². The van der Waals surface area contributed by atoms with Crippen molar-refractivity contribution in [3.63, 3.8) is 0 Å². The quantitative estimate of drug-likeness (QED) is 0.0220. The number of halogens is 2. The fraction of sp³-hybridized carbons (Fsp3) is 0.526. The number of sulfonamides is 1. The third-order valence-electron chi connectivity index (χ3n) is 19.6. The Hall–Kier alpha value is -6.03. The zero-order valence-corrected chi connectivity index (χ0v) is 56.4. The number of aliphatic hydroxyl groups is 5. The van der Waals surface area contributed by atoms with Gasteiger partial charge in [-0.3, -0.25) is 19.6 Å². The molecule has 96 heavy (non-hydrogen) atoms. The molecule has 5 aliphatic rings. The molecule has 3 heterocycles. The number of carboxylic acid groups (broad SMARTS) is 1. The van der Waals surface area contributed by atoms with Gasteiger partial charge in [0.25, 0.3) is 0 Å². The number of para-hydroxylation sites is 2. The van der Waals surface area contributed by atoms with Crippen molar-refractivity contribution in [2.75, 3.05) is 51.8 Å². The molecule has 1 aliphatic heterocycles. The maximum Gasteiger partial charge on any atom is 0.303 e. The van der Waals surface area contributed by atoms with E-state index in [-0.39, 0.29) is 77.3 Å². The average molecular weight is 1380 g/mol. The number of aryl methyl sites for hydroxylation is 2. The molecule has 20 heteroatoms. The highest BCUT2D eigenvalue weighted by Crippen LogP contribution is 2.56. The third kappa shape index (κ3) is 20.1. The fourth-order valence-electron chi connectivity index (χ4n) is 13.0. The van der Waals surface area contributed by atoms with E-state index in [1.807, 2.05) is 55.0 Å². The van der Waals surface area contributed by atoms with Gasteiger partial charge in [0.15, 0.2) is 0 Å². The molecule has 1 amide bonds. The summed E-state index contributed by atoms with van der Waals surface area (Å²) in [4.78, 5) is 34.7. The number of carboxylic acids is 1. The summed E-state index contributed by atoms with van der Waals surface area (Å²) < 4.78 is 45.3. The van der Waals surface area contributed by atoms with Crippen LogP contribution in [-0.4, -0.2) is 158 Å². The lowest BCUT2D eigenvalue weighted by atomic mass is 9.84. The van der Waals surface area contributed by atoms with Crippen molar-refractivity contribution in [1.29, 1.82) is 0 Å². The Kier molecular flexibility index (Phi) is 27.3. The van der Waals surface area contributed by atoms with Gasteiger partial charge in [-0.1, -0.05) is 113 Å². The number of aliphatic hydroxyl groups excluding tert-OH is 5. The number of carbonyl (C=O) groups excluding carboxylic acids is 1. The van der Waals surface area contributed by atoms with E-state index in [0.717, 1.165) is 128 Å². The molecule has 4 aliphatic carbocycles. The Morgan fingerprint density at radius 2 is 1.11 bits per heavy atom. The zero-order chi connectivity index (χ0) is 66.6. The molecule has 4 aromatic carbocycles. The van der Waals surface area contributed by atoms with Gasteiger partial charge in [-0.25, -0.2) is 8.42 Å². The maximum absolute atomic E-state index is 13.6. The molecule has 2 aromatic heterocycles. The van der Waals surface area contributed by atoms with Gasteiger partial charge < -0.3 is 49.7 Å². The summed E-state index contributed by atoms with van der Waals surface area (Å²) in [5.74, 6) is 0.707. The van der Waals surface area contributed by atoms with E-state index in [0.29, 0.717) is 42.4 Å². The summed E-state index contributed by atoms with van der Waals surface area (Å²) in [6.07, 6.45) is 16.7. The average Bonchev–Trinajstić information content (AvgIpc) is 1.61. The fourth-order valence-corrected chi connectivity index (χ4v) is 14.8. The highest BCUT2D eigenvalue weighted by Gasteiger charge is 2.47.